The molecule has 2 aromatic heterocycles. The van der Waals surface area contributed by atoms with E-state index in [-0.39, 0.29) is 6.15 Å². The average Bonchev–Trinajstić information content (AvgIpc) is 3.02. The van der Waals surface area contributed by atoms with Crippen LogP contribution in [0.25, 0.3) is 11.1 Å². The highest BCUT2D eigenvalue weighted by Gasteiger charge is 2.02. The van der Waals surface area contributed by atoms with E-state index in [2.05, 4.69) is 20.4 Å². The van der Waals surface area contributed by atoms with Gasteiger partial charge in [-0.05, 0) is 35.4 Å². The molecule has 0 aliphatic carbocycles. The van der Waals surface area contributed by atoms with E-state index >= 15 is 0 Å². The van der Waals surface area contributed by atoms with Crippen molar-refractivity contribution in [1.82, 2.24) is 20.4 Å². The molecule has 1 aromatic carbocycles. The van der Waals surface area contributed by atoms with Crippen LogP contribution in [-0.2, 0) is 9.59 Å². The summed E-state index contributed by atoms with van der Waals surface area (Å²) >= 11 is 0. The maximum absolute atomic E-state index is 8.12. The van der Waals surface area contributed by atoms with Gasteiger partial charge in [0.1, 0.15) is 11.9 Å². The normalized spacial score (nSPS) is 9.14. The third-order valence-corrected chi connectivity index (χ3v) is 2.46. The molecular formula is C14H10N4O3. The second-order valence-electron chi connectivity index (χ2n) is 3.76. The van der Waals surface area contributed by atoms with E-state index in [4.69, 9.17) is 14.3 Å². The number of ether oxygens (including phenoxy) is 1. The molecule has 104 valence electrons. The highest BCUT2D eigenvalue weighted by Crippen LogP contribution is 2.25. The summed E-state index contributed by atoms with van der Waals surface area (Å²) in [7, 11) is 0. The van der Waals surface area contributed by atoms with E-state index in [9.17, 15) is 0 Å². The number of pyridine rings is 1. The topological polar surface area (TPSA) is 97.8 Å². The van der Waals surface area contributed by atoms with Crippen molar-refractivity contribution in [3.63, 3.8) is 0 Å². The molecular weight excluding hydrogens is 272 g/mol. The van der Waals surface area contributed by atoms with E-state index in [0.29, 0.717) is 5.88 Å². The minimum absolute atomic E-state index is 0.250. The Hall–Kier alpha value is -3.31. The van der Waals surface area contributed by atoms with Crippen molar-refractivity contribution in [3.8, 4) is 22.8 Å². The summed E-state index contributed by atoms with van der Waals surface area (Å²) in [5.74, 6) is 1.17. The zero-order valence-electron chi connectivity index (χ0n) is 10.8. The predicted molar refractivity (Wildman–Crippen MR) is 71.1 cm³/mol. The van der Waals surface area contributed by atoms with Gasteiger partial charge in [0, 0.05) is 12.4 Å². The number of hydrogen-bond donors (Lipinski definition) is 1. The summed E-state index contributed by atoms with van der Waals surface area (Å²) in [5, 5.41) is 10.0. The summed E-state index contributed by atoms with van der Waals surface area (Å²) in [6.45, 7) is 0. The van der Waals surface area contributed by atoms with Gasteiger partial charge in [-0.2, -0.15) is 19.9 Å². The monoisotopic (exact) mass is 282 g/mol. The quantitative estimate of drug-likeness (QED) is 0.789. The second kappa shape index (κ2) is 7.32. The Morgan fingerprint density at radius 2 is 1.81 bits per heavy atom. The van der Waals surface area contributed by atoms with Gasteiger partial charge >= 0.3 is 6.15 Å². The van der Waals surface area contributed by atoms with Crippen LogP contribution in [0.15, 0.2) is 55.0 Å². The molecule has 0 aliphatic rings. The molecule has 0 saturated carbocycles. The molecule has 0 amide bonds. The van der Waals surface area contributed by atoms with Gasteiger partial charge in [-0.3, -0.25) is 4.98 Å². The van der Waals surface area contributed by atoms with Crippen LogP contribution in [0.2, 0.25) is 0 Å². The fourth-order valence-electron chi connectivity index (χ4n) is 1.64. The van der Waals surface area contributed by atoms with Crippen molar-refractivity contribution in [3.05, 3.63) is 55.0 Å². The number of benzene rings is 1. The molecule has 0 fully saturated rings. The average molecular weight is 282 g/mol. The third-order valence-electron chi connectivity index (χ3n) is 2.46. The van der Waals surface area contributed by atoms with Gasteiger partial charge in [0.2, 0.25) is 0 Å². The molecule has 0 bridgehead atoms. The first kappa shape index (κ1) is 14.1. The molecule has 2 heterocycles. The van der Waals surface area contributed by atoms with E-state index in [1.165, 1.54) is 6.20 Å². The van der Waals surface area contributed by atoms with Crippen molar-refractivity contribution in [2.24, 2.45) is 0 Å². The first-order valence-corrected chi connectivity index (χ1v) is 5.87. The lowest BCUT2D eigenvalue weighted by Crippen LogP contribution is -1.85. The Bertz CT molecular complexity index is 708. The van der Waals surface area contributed by atoms with Crippen molar-refractivity contribution in [2.45, 2.75) is 0 Å². The first-order valence-electron chi connectivity index (χ1n) is 5.87. The largest absolute Gasteiger partial charge is 0.436 e. The number of aromatic nitrogens is 4. The van der Waals surface area contributed by atoms with Crippen molar-refractivity contribution >= 4 is 6.15 Å². The van der Waals surface area contributed by atoms with E-state index < -0.39 is 0 Å². The third kappa shape index (κ3) is 4.09. The SMILES string of the molecule is O=C=O.c1cc(Oc2cn[nH]n2)cc(-c2ccncc2)c1. The smallest absolute Gasteiger partial charge is 0.373 e. The number of nitrogens with zero attached hydrogens (tertiary/aromatic N) is 3. The maximum Gasteiger partial charge on any atom is 0.373 e. The van der Waals surface area contributed by atoms with Gasteiger partial charge < -0.3 is 4.74 Å². The summed E-state index contributed by atoms with van der Waals surface area (Å²) < 4.78 is 5.56. The van der Waals surface area contributed by atoms with Gasteiger partial charge in [-0.1, -0.05) is 12.1 Å². The zero-order chi connectivity index (χ0) is 14.9. The first-order chi connectivity index (χ1) is 10.3. The van der Waals surface area contributed by atoms with Crippen molar-refractivity contribution in [1.29, 1.82) is 0 Å². The molecule has 0 radical (unpaired) electrons. The second-order valence-corrected chi connectivity index (χ2v) is 3.76. The molecule has 0 atom stereocenters. The lowest BCUT2D eigenvalue weighted by Gasteiger charge is -2.05. The van der Waals surface area contributed by atoms with Crippen molar-refractivity contribution < 1.29 is 14.3 Å². The Kier molecular flexibility index (Phi) is 4.92. The molecule has 1 N–H and O–H groups in total. The number of H-pyrrole nitrogens is 1. The summed E-state index contributed by atoms with van der Waals surface area (Å²) in [6.07, 6.45) is 5.31. The van der Waals surface area contributed by atoms with Gasteiger partial charge in [-0.25, -0.2) is 0 Å². The Morgan fingerprint density at radius 3 is 2.48 bits per heavy atom. The number of aromatic amines is 1. The van der Waals surface area contributed by atoms with Crippen LogP contribution in [0.4, 0.5) is 0 Å². The van der Waals surface area contributed by atoms with Gasteiger partial charge in [0.15, 0.2) is 0 Å². The summed E-state index contributed by atoms with van der Waals surface area (Å²) in [4.78, 5) is 20.3. The fourth-order valence-corrected chi connectivity index (χ4v) is 1.64. The Morgan fingerprint density at radius 1 is 1.05 bits per heavy atom. The molecule has 0 spiro atoms. The molecule has 7 heteroatoms. The molecule has 0 unspecified atom stereocenters. The summed E-state index contributed by atoms with van der Waals surface area (Å²) in [5.41, 5.74) is 2.16. The number of nitrogens with one attached hydrogen (secondary N) is 1. The van der Waals surface area contributed by atoms with Gasteiger partial charge in [0.05, 0.1) is 0 Å². The minimum Gasteiger partial charge on any atom is -0.436 e. The standard InChI is InChI=1S/C13H10N4O.CO2/c1-2-11(10-4-6-14-7-5-10)8-12(3-1)18-13-9-15-17-16-13;2-1-3/h1-9H,(H,15,16,17);. The lowest BCUT2D eigenvalue weighted by atomic mass is 10.1. The van der Waals surface area contributed by atoms with E-state index in [1.54, 1.807) is 12.4 Å². The predicted octanol–water partition coefficient (Wildman–Crippen LogP) is 2.08. The fraction of sp³-hybridized carbons (Fsp3) is 0. The molecule has 7 nitrogen and oxygen atoms in total. The molecule has 0 aliphatic heterocycles. The number of rotatable bonds is 3. The Labute approximate surface area is 119 Å². The number of hydrogen-bond acceptors (Lipinski definition) is 6. The minimum atomic E-state index is 0.250. The number of carbonyl (C=O) groups excluding carboxylic acids is 2. The van der Waals surface area contributed by atoms with Crippen LogP contribution in [0.3, 0.4) is 0 Å². The van der Waals surface area contributed by atoms with Crippen LogP contribution in [0, 0.1) is 0 Å². The summed E-state index contributed by atoms with van der Waals surface area (Å²) in [6, 6.07) is 11.7. The zero-order valence-corrected chi connectivity index (χ0v) is 10.8. The maximum atomic E-state index is 8.12. The van der Waals surface area contributed by atoms with Crippen LogP contribution in [-0.4, -0.2) is 26.5 Å². The van der Waals surface area contributed by atoms with Gasteiger partial charge in [-0.15, -0.1) is 5.10 Å². The van der Waals surface area contributed by atoms with Crippen LogP contribution in [0.1, 0.15) is 0 Å². The highest BCUT2D eigenvalue weighted by atomic mass is 16.5. The van der Waals surface area contributed by atoms with Crippen LogP contribution in [0.5, 0.6) is 11.6 Å². The molecule has 3 aromatic rings. The molecule has 21 heavy (non-hydrogen) atoms. The van der Waals surface area contributed by atoms with Crippen LogP contribution >= 0.6 is 0 Å². The molecule has 3 rings (SSSR count). The van der Waals surface area contributed by atoms with Crippen molar-refractivity contribution in [2.75, 3.05) is 0 Å². The lowest BCUT2D eigenvalue weighted by molar-refractivity contribution is -0.191. The Balaban J connectivity index is 0.000000497. The van der Waals surface area contributed by atoms with E-state index in [1.807, 2.05) is 36.4 Å². The van der Waals surface area contributed by atoms with E-state index in [0.717, 1.165) is 16.9 Å². The van der Waals surface area contributed by atoms with Gasteiger partial charge in [0.25, 0.3) is 5.88 Å². The van der Waals surface area contributed by atoms with Crippen LogP contribution < -0.4 is 4.74 Å². The highest BCUT2D eigenvalue weighted by molar-refractivity contribution is 5.64. The molecule has 0 saturated heterocycles.